The van der Waals surface area contributed by atoms with Gasteiger partial charge in [0.2, 0.25) is 0 Å². The average molecular weight is 416 g/mol. The second-order valence-electron chi connectivity index (χ2n) is 6.89. The van der Waals surface area contributed by atoms with Gasteiger partial charge < -0.3 is 5.32 Å². The maximum Gasteiger partial charge on any atom is 0.266 e. The van der Waals surface area contributed by atoms with Crippen molar-refractivity contribution in [3.8, 4) is 0 Å². The van der Waals surface area contributed by atoms with Crippen LogP contribution in [-0.4, -0.2) is 19.4 Å². The van der Waals surface area contributed by atoms with Crippen molar-refractivity contribution in [1.82, 2.24) is 4.98 Å². The van der Waals surface area contributed by atoms with Gasteiger partial charge in [-0.05, 0) is 43.2 Å². The Balaban J connectivity index is 1.57. The molecule has 0 spiro atoms. The van der Waals surface area contributed by atoms with Crippen molar-refractivity contribution < 1.29 is 12.8 Å². The fourth-order valence-electron chi connectivity index (χ4n) is 4.23. The molecule has 0 bridgehead atoms. The molecule has 1 aromatic carbocycles. The highest BCUT2D eigenvalue weighted by Gasteiger charge is 2.39. The molecule has 26 heavy (non-hydrogen) atoms. The Hall–Kier alpha value is -1.38. The maximum absolute atomic E-state index is 14.6. The van der Waals surface area contributed by atoms with E-state index in [4.69, 9.17) is 11.6 Å². The van der Waals surface area contributed by atoms with Gasteiger partial charge in [0.25, 0.3) is 10.0 Å². The van der Waals surface area contributed by atoms with Gasteiger partial charge in [0.05, 0.1) is 10.7 Å². The van der Waals surface area contributed by atoms with Crippen LogP contribution in [0.1, 0.15) is 32.1 Å². The normalized spacial score (nSPS) is 25.2. The van der Waals surface area contributed by atoms with E-state index >= 15 is 0 Å². The monoisotopic (exact) mass is 415 g/mol. The second-order valence-corrected chi connectivity index (χ2v) is 9.84. The van der Waals surface area contributed by atoms with Crippen LogP contribution in [0, 0.1) is 17.7 Å². The summed E-state index contributed by atoms with van der Waals surface area (Å²) in [4.78, 5) is 3.38. The molecule has 0 amide bonds. The van der Waals surface area contributed by atoms with Crippen LogP contribution in [0.25, 0.3) is 0 Å². The minimum Gasteiger partial charge on any atom is -0.381 e. The first-order chi connectivity index (χ1) is 12.4. The van der Waals surface area contributed by atoms with E-state index in [1.54, 1.807) is 5.38 Å². The maximum atomic E-state index is 14.6. The van der Waals surface area contributed by atoms with Gasteiger partial charge >= 0.3 is 0 Å². The van der Waals surface area contributed by atoms with Crippen molar-refractivity contribution in [2.24, 2.45) is 11.8 Å². The van der Waals surface area contributed by atoms with E-state index in [1.165, 1.54) is 37.9 Å². The molecule has 2 saturated carbocycles. The molecule has 0 saturated heterocycles. The van der Waals surface area contributed by atoms with Crippen LogP contribution in [-0.2, 0) is 10.0 Å². The number of nitrogens with one attached hydrogen (secondary N) is 2. The quantitative estimate of drug-likeness (QED) is 0.740. The van der Waals surface area contributed by atoms with Crippen LogP contribution in [0.2, 0.25) is 5.02 Å². The number of fused-ring (bicyclic) bond motifs is 1. The van der Waals surface area contributed by atoms with E-state index in [-0.39, 0.29) is 16.2 Å². The predicted octanol–water partition coefficient (Wildman–Crippen LogP) is 4.73. The molecule has 9 heteroatoms. The van der Waals surface area contributed by atoms with E-state index in [0.717, 1.165) is 29.7 Å². The molecule has 2 aliphatic rings. The molecular weight excluding hydrogens is 397 g/mol. The third-order valence-corrected chi connectivity index (χ3v) is 7.87. The van der Waals surface area contributed by atoms with Gasteiger partial charge in [0.15, 0.2) is 5.13 Å². The predicted molar refractivity (Wildman–Crippen MR) is 102 cm³/mol. The largest absolute Gasteiger partial charge is 0.381 e. The number of thiazole rings is 1. The molecule has 140 valence electrons. The number of nitrogens with zero attached hydrogens (tertiary/aromatic N) is 1. The molecule has 2 aliphatic carbocycles. The fourth-order valence-corrected chi connectivity index (χ4v) is 6.39. The molecule has 0 radical (unpaired) electrons. The summed E-state index contributed by atoms with van der Waals surface area (Å²) in [5.41, 5.74) is 0.454. The van der Waals surface area contributed by atoms with Crippen molar-refractivity contribution in [3.63, 3.8) is 0 Å². The minimum atomic E-state index is -4.08. The lowest BCUT2D eigenvalue weighted by Gasteiger charge is -2.22. The third-order valence-electron chi connectivity index (χ3n) is 5.39. The number of hydrogen-bond acceptors (Lipinski definition) is 5. The molecule has 0 aliphatic heterocycles. The first kappa shape index (κ1) is 18.0. The van der Waals surface area contributed by atoms with E-state index in [2.05, 4.69) is 15.0 Å². The van der Waals surface area contributed by atoms with Crippen LogP contribution in [0.15, 0.2) is 28.6 Å². The summed E-state index contributed by atoms with van der Waals surface area (Å²) in [6, 6.07) is 2.62. The van der Waals surface area contributed by atoms with Gasteiger partial charge in [-0.1, -0.05) is 24.4 Å². The summed E-state index contributed by atoms with van der Waals surface area (Å²) in [5, 5.41) is 5.36. The zero-order chi connectivity index (χ0) is 18.3. The molecule has 4 rings (SSSR count). The van der Waals surface area contributed by atoms with Crippen LogP contribution in [0.5, 0.6) is 0 Å². The number of anilines is 2. The lowest BCUT2D eigenvalue weighted by Crippen LogP contribution is -2.25. The second kappa shape index (κ2) is 6.98. The summed E-state index contributed by atoms with van der Waals surface area (Å²) in [5.74, 6) is 0.518. The van der Waals surface area contributed by atoms with Gasteiger partial charge in [-0.2, -0.15) is 0 Å². The Morgan fingerprint density at radius 1 is 1.23 bits per heavy atom. The van der Waals surface area contributed by atoms with E-state index in [0.29, 0.717) is 11.6 Å². The Morgan fingerprint density at radius 2 is 2.08 bits per heavy atom. The van der Waals surface area contributed by atoms with Gasteiger partial charge in [-0.25, -0.2) is 17.8 Å². The zero-order valence-corrected chi connectivity index (χ0v) is 16.3. The van der Waals surface area contributed by atoms with Crippen molar-refractivity contribution >= 4 is 43.8 Å². The first-order valence-corrected chi connectivity index (χ1v) is 11.4. The number of rotatable bonds is 5. The molecular formula is C17H19ClFN3O2S2. The highest BCUT2D eigenvalue weighted by molar-refractivity contribution is 7.93. The number of aromatic nitrogens is 1. The standard InChI is InChI=1S/C17H19ClFN3O2S2/c18-12-8-16(26(23,24)22-17-20-6-7-25-17)13(19)9-15(12)21-14-5-4-10-2-1-3-11(10)14/h6-11,14,21H,1-5H2,(H,20,22). The van der Waals surface area contributed by atoms with Gasteiger partial charge in [-0.15, -0.1) is 11.3 Å². The van der Waals surface area contributed by atoms with E-state index < -0.39 is 20.7 Å². The van der Waals surface area contributed by atoms with Crippen LogP contribution in [0.4, 0.5) is 15.2 Å². The highest BCUT2D eigenvalue weighted by Crippen LogP contribution is 2.45. The van der Waals surface area contributed by atoms with Crippen molar-refractivity contribution in [2.75, 3.05) is 10.0 Å². The summed E-state index contributed by atoms with van der Waals surface area (Å²) in [7, 11) is -4.08. The Kier molecular flexibility index (Phi) is 4.83. The Bertz CT molecular complexity index is 905. The van der Waals surface area contributed by atoms with Crippen LogP contribution >= 0.6 is 22.9 Å². The van der Waals surface area contributed by atoms with Crippen molar-refractivity contribution in [3.05, 3.63) is 34.5 Å². The Morgan fingerprint density at radius 3 is 2.85 bits per heavy atom. The number of sulfonamides is 1. The molecule has 2 aromatic rings. The van der Waals surface area contributed by atoms with Gasteiger partial charge in [-0.3, -0.25) is 4.72 Å². The summed E-state index contributed by atoms with van der Waals surface area (Å²) in [6.07, 6.45) is 7.40. The van der Waals surface area contributed by atoms with Gasteiger partial charge in [0.1, 0.15) is 10.7 Å². The molecule has 1 heterocycles. The molecule has 3 atom stereocenters. The topological polar surface area (TPSA) is 71.1 Å². The van der Waals surface area contributed by atoms with Crippen LogP contribution < -0.4 is 10.0 Å². The number of benzene rings is 1. The third kappa shape index (κ3) is 3.42. The van der Waals surface area contributed by atoms with Crippen molar-refractivity contribution in [2.45, 2.75) is 43.0 Å². The molecule has 2 fully saturated rings. The molecule has 3 unspecified atom stereocenters. The lowest BCUT2D eigenvalue weighted by molar-refractivity contribution is 0.435. The summed E-state index contributed by atoms with van der Waals surface area (Å²) >= 11 is 7.39. The molecule has 2 N–H and O–H groups in total. The first-order valence-electron chi connectivity index (χ1n) is 8.62. The Labute approximate surface area is 161 Å². The minimum absolute atomic E-state index is 0.181. The number of hydrogen-bond donors (Lipinski definition) is 2. The lowest BCUT2D eigenvalue weighted by atomic mass is 9.97. The van der Waals surface area contributed by atoms with E-state index in [9.17, 15) is 12.8 Å². The SMILES string of the molecule is O=S(=O)(Nc1nccs1)c1cc(Cl)c(NC2CCC3CCCC32)cc1F. The number of halogens is 2. The average Bonchev–Trinajstić information content (AvgIpc) is 3.29. The summed E-state index contributed by atoms with van der Waals surface area (Å²) < 4.78 is 41.7. The molecule has 5 nitrogen and oxygen atoms in total. The molecule has 1 aromatic heterocycles. The zero-order valence-electron chi connectivity index (χ0n) is 13.9. The highest BCUT2D eigenvalue weighted by atomic mass is 35.5. The fraction of sp³-hybridized carbons (Fsp3) is 0.471. The van der Waals surface area contributed by atoms with Crippen LogP contribution in [0.3, 0.4) is 0 Å². The summed E-state index contributed by atoms with van der Waals surface area (Å²) in [6.45, 7) is 0. The van der Waals surface area contributed by atoms with Gasteiger partial charge in [0, 0.05) is 17.6 Å². The smallest absolute Gasteiger partial charge is 0.266 e. The van der Waals surface area contributed by atoms with Crippen molar-refractivity contribution in [1.29, 1.82) is 0 Å². The van der Waals surface area contributed by atoms with E-state index in [1.807, 2.05) is 0 Å².